The molecule has 0 saturated carbocycles. The van der Waals surface area contributed by atoms with Crippen molar-refractivity contribution in [3.05, 3.63) is 46.2 Å². The Labute approximate surface area is 126 Å². The number of nitrogens with two attached hydrogens (primary N) is 1. The first-order valence-electron chi connectivity index (χ1n) is 5.49. The molecular weight excluding hydrogens is 321 g/mol. The van der Waals surface area contributed by atoms with E-state index in [1.165, 1.54) is 30.5 Å². The van der Waals surface area contributed by atoms with Crippen LogP contribution in [0.3, 0.4) is 0 Å². The summed E-state index contributed by atoms with van der Waals surface area (Å²) in [5.74, 6) is 0. The second kappa shape index (κ2) is 5.47. The topological polar surface area (TPSA) is 85.1 Å². The van der Waals surface area contributed by atoms with Crippen molar-refractivity contribution in [1.29, 1.82) is 0 Å². The van der Waals surface area contributed by atoms with Crippen LogP contribution in [0.5, 0.6) is 0 Å². The lowest BCUT2D eigenvalue weighted by molar-refractivity contribution is 0.600. The molecule has 3 N–H and O–H groups in total. The van der Waals surface area contributed by atoms with Crippen LogP contribution in [-0.4, -0.2) is 13.4 Å². The van der Waals surface area contributed by atoms with E-state index in [0.29, 0.717) is 16.9 Å². The third-order valence-corrected chi connectivity index (χ3v) is 4.58. The normalized spacial score (nSPS) is 11.3. The van der Waals surface area contributed by atoms with Gasteiger partial charge < -0.3 is 5.73 Å². The molecule has 5 nitrogen and oxygen atoms in total. The van der Waals surface area contributed by atoms with Gasteiger partial charge in [0.15, 0.2) is 0 Å². The minimum absolute atomic E-state index is 0.0254. The second-order valence-corrected chi connectivity index (χ2v) is 6.57. The molecule has 2 rings (SSSR count). The number of halogens is 2. The van der Waals surface area contributed by atoms with Crippen LogP contribution in [0, 0.1) is 6.92 Å². The van der Waals surface area contributed by atoms with Gasteiger partial charge in [-0.15, -0.1) is 0 Å². The fourth-order valence-electron chi connectivity index (χ4n) is 1.60. The maximum absolute atomic E-state index is 12.3. The lowest BCUT2D eigenvalue weighted by Gasteiger charge is -2.12. The number of rotatable bonds is 3. The summed E-state index contributed by atoms with van der Waals surface area (Å²) in [5.41, 5.74) is 6.77. The van der Waals surface area contributed by atoms with Crippen LogP contribution in [0.4, 0.5) is 11.4 Å². The number of nitrogens with zero attached hydrogens (tertiary/aromatic N) is 1. The summed E-state index contributed by atoms with van der Waals surface area (Å²) in [7, 11) is -3.80. The third-order valence-electron chi connectivity index (χ3n) is 2.63. The number of aromatic nitrogens is 1. The average Bonchev–Trinajstić information content (AvgIpc) is 2.36. The molecule has 1 aromatic carbocycles. The second-order valence-electron chi connectivity index (χ2n) is 4.09. The molecule has 0 aliphatic rings. The van der Waals surface area contributed by atoms with Crippen molar-refractivity contribution in [3.8, 4) is 0 Å². The van der Waals surface area contributed by atoms with Gasteiger partial charge >= 0.3 is 0 Å². The van der Waals surface area contributed by atoms with E-state index in [1.54, 1.807) is 6.92 Å². The van der Waals surface area contributed by atoms with E-state index in [9.17, 15) is 8.42 Å². The molecule has 0 atom stereocenters. The Bertz CT molecular complexity index is 746. The number of hydrogen-bond acceptors (Lipinski definition) is 4. The van der Waals surface area contributed by atoms with Crippen molar-refractivity contribution in [2.45, 2.75) is 11.8 Å². The summed E-state index contributed by atoms with van der Waals surface area (Å²) in [6.45, 7) is 1.61. The molecular formula is C12H11Cl2N3O2S. The summed E-state index contributed by atoms with van der Waals surface area (Å²) < 4.78 is 27.0. The highest BCUT2D eigenvalue weighted by atomic mass is 35.5. The average molecular weight is 332 g/mol. The molecule has 0 spiro atoms. The Morgan fingerprint density at radius 2 is 1.95 bits per heavy atom. The van der Waals surface area contributed by atoms with Crippen LogP contribution >= 0.6 is 23.2 Å². The zero-order valence-electron chi connectivity index (χ0n) is 10.4. The van der Waals surface area contributed by atoms with Crippen LogP contribution in [-0.2, 0) is 10.0 Å². The molecule has 0 aliphatic carbocycles. The molecule has 0 amide bonds. The molecule has 0 radical (unpaired) electrons. The molecule has 0 bridgehead atoms. The predicted molar refractivity (Wildman–Crippen MR) is 80.7 cm³/mol. The molecule has 8 heteroatoms. The maximum Gasteiger partial charge on any atom is 0.262 e. The van der Waals surface area contributed by atoms with Crippen molar-refractivity contribution < 1.29 is 8.42 Å². The van der Waals surface area contributed by atoms with Crippen LogP contribution in [0.25, 0.3) is 0 Å². The minimum atomic E-state index is -3.80. The van der Waals surface area contributed by atoms with Crippen LogP contribution in [0.2, 0.25) is 10.2 Å². The summed E-state index contributed by atoms with van der Waals surface area (Å²) in [6, 6.07) is 5.84. The lowest BCUT2D eigenvalue weighted by Crippen LogP contribution is -2.15. The van der Waals surface area contributed by atoms with Crippen LogP contribution in [0.15, 0.2) is 35.4 Å². The van der Waals surface area contributed by atoms with E-state index in [-0.39, 0.29) is 15.1 Å². The first-order chi connectivity index (χ1) is 9.29. The molecule has 0 fully saturated rings. The standard InChI is InChI=1S/C12H11Cl2N3O2S/c1-7-10(15)4-8(13)5-11(7)20(18,19)17-9-2-3-12(14)16-6-9/h2-6,17H,15H2,1H3. The molecule has 1 aromatic heterocycles. The van der Waals surface area contributed by atoms with Gasteiger partial charge in [0.1, 0.15) is 5.15 Å². The van der Waals surface area contributed by atoms with Gasteiger partial charge in [0.2, 0.25) is 0 Å². The van der Waals surface area contributed by atoms with Crippen molar-refractivity contribution in [3.63, 3.8) is 0 Å². The quantitative estimate of drug-likeness (QED) is 0.668. The number of pyridine rings is 1. The van der Waals surface area contributed by atoms with Gasteiger partial charge in [-0.25, -0.2) is 13.4 Å². The van der Waals surface area contributed by atoms with Crippen molar-refractivity contribution in [2.75, 3.05) is 10.5 Å². The molecule has 0 aliphatic heterocycles. The number of hydrogen-bond donors (Lipinski definition) is 2. The maximum atomic E-state index is 12.3. The summed E-state index contributed by atoms with van der Waals surface area (Å²) in [6.07, 6.45) is 1.32. The molecule has 106 valence electrons. The first kappa shape index (κ1) is 14.9. The lowest BCUT2D eigenvalue weighted by atomic mass is 10.2. The van der Waals surface area contributed by atoms with E-state index in [1.807, 2.05) is 0 Å². The summed E-state index contributed by atoms with van der Waals surface area (Å²) in [5, 5.41) is 0.527. The molecule has 1 heterocycles. The van der Waals surface area contributed by atoms with Gasteiger partial charge in [-0.05, 0) is 36.8 Å². The first-order valence-corrected chi connectivity index (χ1v) is 7.73. The Kier molecular flexibility index (Phi) is 4.08. The van der Waals surface area contributed by atoms with Crippen LogP contribution in [0.1, 0.15) is 5.56 Å². The fraction of sp³-hybridized carbons (Fsp3) is 0.0833. The highest BCUT2D eigenvalue weighted by molar-refractivity contribution is 7.92. The summed E-state index contributed by atoms with van der Waals surface area (Å²) >= 11 is 11.5. The Morgan fingerprint density at radius 3 is 2.55 bits per heavy atom. The zero-order valence-corrected chi connectivity index (χ0v) is 12.7. The van der Waals surface area contributed by atoms with Gasteiger partial charge in [-0.3, -0.25) is 4.72 Å². The monoisotopic (exact) mass is 331 g/mol. The van der Waals surface area contributed by atoms with E-state index < -0.39 is 10.0 Å². The van der Waals surface area contributed by atoms with Gasteiger partial charge in [0.25, 0.3) is 10.0 Å². The van der Waals surface area contributed by atoms with E-state index >= 15 is 0 Å². The minimum Gasteiger partial charge on any atom is -0.398 e. The van der Waals surface area contributed by atoms with Crippen LogP contribution < -0.4 is 10.5 Å². The van der Waals surface area contributed by atoms with Crippen molar-refractivity contribution >= 4 is 44.6 Å². The Morgan fingerprint density at radius 1 is 1.25 bits per heavy atom. The third kappa shape index (κ3) is 3.15. The molecule has 0 saturated heterocycles. The number of nitrogens with one attached hydrogen (secondary N) is 1. The number of sulfonamides is 1. The highest BCUT2D eigenvalue weighted by Gasteiger charge is 2.19. The molecule has 20 heavy (non-hydrogen) atoms. The number of benzene rings is 1. The van der Waals surface area contributed by atoms with Gasteiger partial charge in [-0.1, -0.05) is 23.2 Å². The van der Waals surface area contributed by atoms with Crippen molar-refractivity contribution in [2.24, 2.45) is 0 Å². The largest absolute Gasteiger partial charge is 0.398 e. The predicted octanol–water partition coefficient (Wildman–Crippen LogP) is 3.08. The molecule has 2 aromatic rings. The number of anilines is 2. The smallest absolute Gasteiger partial charge is 0.262 e. The highest BCUT2D eigenvalue weighted by Crippen LogP contribution is 2.27. The Hall–Kier alpha value is -1.50. The number of nitrogen functional groups attached to an aromatic ring is 1. The van der Waals surface area contributed by atoms with E-state index in [0.717, 1.165) is 0 Å². The van der Waals surface area contributed by atoms with E-state index in [2.05, 4.69) is 9.71 Å². The van der Waals surface area contributed by atoms with Gasteiger partial charge in [0, 0.05) is 10.7 Å². The van der Waals surface area contributed by atoms with Gasteiger partial charge in [0.05, 0.1) is 16.8 Å². The summed E-state index contributed by atoms with van der Waals surface area (Å²) in [4.78, 5) is 3.83. The van der Waals surface area contributed by atoms with E-state index in [4.69, 9.17) is 28.9 Å². The Balaban J connectivity index is 2.43. The van der Waals surface area contributed by atoms with Gasteiger partial charge in [-0.2, -0.15) is 0 Å². The SMILES string of the molecule is Cc1c(N)cc(Cl)cc1S(=O)(=O)Nc1ccc(Cl)nc1. The molecule has 0 unspecified atom stereocenters. The van der Waals surface area contributed by atoms with Crippen molar-refractivity contribution in [1.82, 2.24) is 4.98 Å². The fourth-order valence-corrected chi connectivity index (χ4v) is 3.35. The zero-order chi connectivity index (χ0) is 14.9.